The van der Waals surface area contributed by atoms with Crippen LogP contribution in [0, 0.1) is 18.8 Å². The maximum absolute atomic E-state index is 14.2. The van der Waals surface area contributed by atoms with Crippen molar-refractivity contribution in [1.29, 1.82) is 0 Å². The second kappa shape index (κ2) is 11.8. The number of alkyl halides is 3. The number of hydrogen-bond acceptors (Lipinski definition) is 5. The van der Waals surface area contributed by atoms with Crippen LogP contribution in [0.2, 0.25) is 0 Å². The summed E-state index contributed by atoms with van der Waals surface area (Å²) < 4.78 is 54.4. The number of carbonyl (C=O) groups excluding carboxylic acids is 2. The number of ether oxygens (including phenoxy) is 2. The second-order valence-corrected chi connectivity index (χ2v) is 12.3. The molecule has 1 aliphatic heterocycles. The summed E-state index contributed by atoms with van der Waals surface area (Å²) in [5.41, 5.74) is -2.64. The molecule has 0 spiro atoms. The summed E-state index contributed by atoms with van der Waals surface area (Å²) in [6.45, 7) is 2.23. The topological polar surface area (TPSA) is 79.3 Å². The summed E-state index contributed by atoms with van der Waals surface area (Å²) in [5.74, 6) is 0.333. The van der Waals surface area contributed by atoms with Gasteiger partial charge in [0, 0.05) is 38.3 Å². The lowest BCUT2D eigenvalue weighted by Crippen LogP contribution is -2.57. The van der Waals surface area contributed by atoms with Crippen molar-refractivity contribution in [1.82, 2.24) is 9.80 Å². The van der Waals surface area contributed by atoms with E-state index in [0.29, 0.717) is 30.2 Å². The average Bonchev–Trinajstić information content (AvgIpc) is 3.74. The van der Waals surface area contributed by atoms with Gasteiger partial charge in [-0.05, 0) is 99.6 Å². The third-order valence-corrected chi connectivity index (χ3v) is 8.70. The normalized spacial score (nSPS) is 22.6. The molecule has 1 atom stereocenters. The Morgan fingerprint density at radius 3 is 2.17 bits per heavy atom. The molecule has 2 aliphatic carbocycles. The summed E-state index contributed by atoms with van der Waals surface area (Å²) in [7, 11) is 3.44. The fourth-order valence-corrected chi connectivity index (χ4v) is 6.00. The lowest BCUT2D eigenvalue weighted by atomic mass is 9.74. The highest BCUT2D eigenvalue weighted by atomic mass is 19.4. The van der Waals surface area contributed by atoms with E-state index in [4.69, 9.17) is 9.47 Å². The third kappa shape index (κ3) is 6.38. The first-order chi connectivity index (χ1) is 19.8. The van der Waals surface area contributed by atoms with Crippen molar-refractivity contribution in [2.45, 2.75) is 75.9 Å². The van der Waals surface area contributed by atoms with Gasteiger partial charge >= 0.3 is 6.18 Å². The van der Waals surface area contributed by atoms with Gasteiger partial charge in [-0.1, -0.05) is 12.1 Å². The molecule has 2 aromatic carbocycles. The first-order valence-electron chi connectivity index (χ1n) is 14.7. The highest BCUT2D eigenvalue weighted by molar-refractivity contribution is 5.95. The molecule has 1 unspecified atom stereocenters. The number of benzene rings is 2. The monoisotopic (exact) mass is 588 g/mol. The van der Waals surface area contributed by atoms with Crippen LogP contribution in [0.15, 0.2) is 42.5 Å². The Morgan fingerprint density at radius 1 is 0.929 bits per heavy atom. The van der Waals surface area contributed by atoms with E-state index in [0.717, 1.165) is 60.4 Å². The molecule has 0 aromatic heterocycles. The second-order valence-electron chi connectivity index (χ2n) is 12.3. The Balaban J connectivity index is 1.12. The zero-order chi connectivity index (χ0) is 30.2. The molecule has 1 heterocycles. The smallest absolute Gasteiger partial charge is 0.430 e. The van der Waals surface area contributed by atoms with Gasteiger partial charge in [-0.25, -0.2) is 0 Å². The van der Waals surface area contributed by atoms with Gasteiger partial charge in [0.1, 0.15) is 11.5 Å². The van der Waals surface area contributed by atoms with Crippen LogP contribution >= 0.6 is 0 Å². The first-order valence-corrected chi connectivity index (χ1v) is 14.7. The number of carbonyl (C=O) groups is 2. The minimum absolute atomic E-state index is 0.0257. The van der Waals surface area contributed by atoms with Crippen molar-refractivity contribution >= 4 is 11.8 Å². The highest BCUT2D eigenvalue weighted by Gasteiger charge is 2.62. The van der Waals surface area contributed by atoms with Crippen LogP contribution in [0.1, 0.15) is 66.4 Å². The Bertz CT molecular complexity index is 1300. The summed E-state index contributed by atoms with van der Waals surface area (Å²) in [4.78, 5) is 28.2. The highest BCUT2D eigenvalue weighted by Crippen LogP contribution is 2.43. The minimum atomic E-state index is -5.18. The number of amides is 2. The van der Waals surface area contributed by atoms with Crippen molar-refractivity contribution in [3.63, 3.8) is 0 Å². The number of nitrogens with zero attached hydrogens (tertiary/aromatic N) is 2. The van der Waals surface area contributed by atoms with E-state index in [-0.39, 0.29) is 37.0 Å². The fraction of sp³-hybridized carbons (Fsp3) is 0.562. The molecule has 3 fully saturated rings. The van der Waals surface area contributed by atoms with Crippen LogP contribution in [0.4, 0.5) is 13.2 Å². The van der Waals surface area contributed by atoms with Crippen LogP contribution in [-0.2, 0) is 10.4 Å². The van der Waals surface area contributed by atoms with Crippen LogP contribution in [0.5, 0.6) is 11.5 Å². The van der Waals surface area contributed by atoms with Crippen molar-refractivity contribution < 1.29 is 37.3 Å². The van der Waals surface area contributed by atoms with Crippen molar-refractivity contribution in [2.24, 2.45) is 11.8 Å². The maximum Gasteiger partial charge on any atom is 0.430 e. The molecule has 0 radical (unpaired) electrons. The van der Waals surface area contributed by atoms with E-state index in [2.05, 4.69) is 0 Å². The molecule has 42 heavy (non-hydrogen) atoms. The first kappa shape index (κ1) is 30.2. The van der Waals surface area contributed by atoms with E-state index in [9.17, 15) is 27.9 Å². The summed E-state index contributed by atoms with van der Waals surface area (Å²) in [6, 6.07) is 10.7. The Labute approximate surface area is 244 Å². The molecule has 7 nitrogen and oxygen atoms in total. The van der Waals surface area contributed by atoms with Gasteiger partial charge in [0.05, 0.1) is 12.2 Å². The lowest BCUT2D eigenvalue weighted by Gasteiger charge is -2.41. The number of rotatable bonds is 9. The predicted molar refractivity (Wildman–Crippen MR) is 150 cm³/mol. The van der Waals surface area contributed by atoms with Gasteiger partial charge in [0.25, 0.3) is 17.4 Å². The van der Waals surface area contributed by atoms with Crippen LogP contribution in [-0.4, -0.2) is 72.3 Å². The van der Waals surface area contributed by atoms with Crippen molar-refractivity contribution in [3.05, 3.63) is 59.2 Å². The molecule has 10 heteroatoms. The van der Waals surface area contributed by atoms with Gasteiger partial charge in [-0.2, -0.15) is 13.2 Å². The van der Waals surface area contributed by atoms with Gasteiger partial charge in [0.15, 0.2) is 0 Å². The number of hydrogen-bond donors (Lipinski definition) is 1. The Hall–Kier alpha value is -3.27. The number of piperidine rings is 1. The fourth-order valence-electron chi connectivity index (χ4n) is 6.00. The molecule has 2 aromatic rings. The number of likely N-dealkylation sites (tertiary alicyclic amines) is 1. The SMILES string of the molecule is Cc1cc(OC2CC(CC3CCN(C(=O)C(O)(c4cccc(OC5CC5)c4)C(F)(F)F)CC3)C2)ccc1C(=O)N(C)C. The van der Waals surface area contributed by atoms with Crippen LogP contribution in [0.3, 0.4) is 0 Å². The number of aliphatic hydroxyl groups is 1. The van der Waals surface area contributed by atoms with Crippen LogP contribution in [0.25, 0.3) is 0 Å². The minimum Gasteiger partial charge on any atom is -0.490 e. The van der Waals surface area contributed by atoms with Crippen molar-refractivity contribution in [2.75, 3.05) is 27.2 Å². The molecule has 1 saturated heterocycles. The average molecular weight is 589 g/mol. The largest absolute Gasteiger partial charge is 0.490 e. The molecule has 1 N–H and O–H groups in total. The molecule has 228 valence electrons. The number of aryl methyl sites for hydroxylation is 1. The van der Waals surface area contributed by atoms with Crippen LogP contribution < -0.4 is 9.47 Å². The van der Waals surface area contributed by atoms with E-state index in [1.807, 2.05) is 19.1 Å². The van der Waals surface area contributed by atoms with Gasteiger partial charge in [0.2, 0.25) is 0 Å². The van der Waals surface area contributed by atoms with Gasteiger partial charge in [-0.15, -0.1) is 0 Å². The molecular weight excluding hydrogens is 549 g/mol. The maximum atomic E-state index is 14.2. The summed E-state index contributed by atoms with van der Waals surface area (Å²) in [5, 5.41) is 10.9. The van der Waals surface area contributed by atoms with Gasteiger partial charge in [-0.3, -0.25) is 9.59 Å². The molecule has 3 aliphatic rings. The van der Waals surface area contributed by atoms with Gasteiger partial charge < -0.3 is 24.4 Å². The van der Waals surface area contributed by atoms with E-state index < -0.39 is 23.2 Å². The Morgan fingerprint density at radius 2 is 1.57 bits per heavy atom. The van der Waals surface area contributed by atoms with E-state index in [1.165, 1.54) is 12.1 Å². The standard InChI is InChI=1S/C32H39F3N2O5/c1-20-15-26(9-10-28(20)29(38)36(2)3)42-27-17-22(18-27)16-21-11-13-37(14-12-21)30(39)31(40,32(33,34)35)23-5-4-6-25(19-23)41-24-7-8-24/h4-6,9-10,15,19,21-22,24,27,40H,7-8,11-14,16-18H2,1-3H3. The van der Waals surface area contributed by atoms with E-state index >= 15 is 0 Å². The van der Waals surface area contributed by atoms with Crippen molar-refractivity contribution in [3.8, 4) is 11.5 Å². The number of halogens is 3. The molecule has 0 bridgehead atoms. The lowest BCUT2D eigenvalue weighted by molar-refractivity contribution is -0.262. The molecule has 2 saturated carbocycles. The van der Waals surface area contributed by atoms with E-state index in [1.54, 1.807) is 25.1 Å². The molecular formula is C32H39F3N2O5. The molecule has 2 amide bonds. The summed E-state index contributed by atoms with van der Waals surface area (Å²) >= 11 is 0. The third-order valence-electron chi connectivity index (χ3n) is 8.70. The molecule has 5 rings (SSSR count). The zero-order valence-electron chi connectivity index (χ0n) is 24.3. The predicted octanol–water partition coefficient (Wildman–Crippen LogP) is 5.47. The zero-order valence-corrected chi connectivity index (χ0v) is 24.3. The Kier molecular flexibility index (Phi) is 8.47. The quantitative estimate of drug-likeness (QED) is 0.420. The summed E-state index contributed by atoms with van der Waals surface area (Å²) in [6.07, 6.45) is 0.458.